The van der Waals surface area contributed by atoms with Crippen molar-refractivity contribution >= 4 is 39.0 Å². The van der Waals surface area contributed by atoms with E-state index in [4.69, 9.17) is 0 Å². The van der Waals surface area contributed by atoms with Gasteiger partial charge in [0.05, 0.1) is 11.4 Å². The molecule has 0 fully saturated rings. The number of hydrogen-bond donors (Lipinski definition) is 0. The van der Waals surface area contributed by atoms with E-state index in [0.29, 0.717) is 6.54 Å². The van der Waals surface area contributed by atoms with Crippen LogP contribution in [0.2, 0.25) is 0 Å². The van der Waals surface area contributed by atoms with Gasteiger partial charge < -0.3 is 0 Å². The fraction of sp³-hybridized carbons (Fsp3) is 0.103. The Balaban J connectivity index is 1.59. The second kappa shape index (κ2) is 8.74. The monoisotopic (exact) mass is 415 g/mol. The number of hydrogen-bond acceptors (Lipinski definition) is 3. The van der Waals surface area contributed by atoms with Gasteiger partial charge in [0, 0.05) is 25.8 Å². The van der Waals surface area contributed by atoms with Crippen molar-refractivity contribution in [2.45, 2.75) is 13.1 Å². The van der Waals surface area contributed by atoms with Gasteiger partial charge in [-0.05, 0) is 62.8 Å². The summed E-state index contributed by atoms with van der Waals surface area (Å²) in [7, 11) is 0. The average Bonchev–Trinajstić information content (AvgIpc) is 2.83. The molecule has 0 saturated heterocycles. The molecule has 0 saturated carbocycles. The minimum Gasteiger partial charge on any atom is -0.287 e. The van der Waals surface area contributed by atoms with Gasteiger partial charge in [0.1, 0.15) is 0 Å². The lowest BCUT2D eigenvalue weighted by Gasteiger charge is -2.24. The Kier molecular flexibility index (Phi) is 5.49. The normalized spacial score (nSPS) is 12.2. The first-order valence-electron chi connectivity index (χ1n) is 10.8. The molecule has 32 heavy (non-hydrogen) atoms. The van der Waals surface area contributed by atoms with Gasteiger partial charge in [-0.1, -0.05) is 73.3 Å². The quantitative estimate of drug-likeness (QED) is 0.159. The van der Waals surface area contributed by atoms with Crippen molar-refractivity contribution < 1.29 is 0 Å². The number of benzene rings is 4. The topological polar surface area (TPSA) is 28.5 Å². The Morgan fingerprint density at radius 1 is 0.844 bits per heavy atom. The van der Waals surface area contributed by atoms with Gasteiger partial charge in [-0.25, -0.2) is 0 Å². The summed E-state index contributed by atoms with van der Waals surface area (Å²) in [5.41, 5.74) is 3.23. The summed E-state index contributed by atoms with van der Waals surface area (Å²) in [5, 5.41) is 7.86. The zero-order chi connectivity index (χ0) is 21.9. The number of pyridine rings is 1. The molecule has 5 rings (SSSR count). The maximum Gasteiger partial charge on any atom is 0.0544 e. The molecule has 1 heterocycles. The van der Waals surface area contributed by atoms with Gasteiger partial charge >= 0.3 is 0 Å². The number of allylic oxidation sites excluding steroid dienone is 2. The Labute approximate surface area is 188 Å². The molecule has 0 aliphatic carbocycles. The van der Waals surface area contributed by atoms with Crippen LogP contribution in [0.25, 0.3) is 32.3 Å². The van der Waals surface area contributed by atoms with E-state index in [1.165, 1.54) is 37.9 Å². The van der Waals surface area contributed by atoms with E-state index in [1.54, 1.807) is 6.08 Å². The minimum atomic E-state index is 0.675. The van der Waals surface area contributed by atoms with Gasteiger partial charge in [-0.2, -0.15) is 0 Å². The highest BCUT2D eigenvalue weighted by atomic mass is 15.1. The summed E-state index contributed by atoms with van der Waals surface area (Å²) in [4.78, 5) is 11.1. The maximum absolute atomic E-state index is 4.54. The Hall–Kier alpha value is -3.82. The van der Waals surface area contributed by atoms with Crippen LogP contribution in [0.5, 0.6) is 0 Å². The number of rotatable bonds is 8. The molecule has 0 N–H and O–H groups in total. The first-order chi connectivity index (χ1) is 15.8. The van der Waals surface area contributed by atoms with E-state index < -0.39 is 0 Å². The van der Waals surface area contributed by atoms with Crippen LogP contribution in [0.1, 0.15) is 11.3 Å². The van der Waals surface area contributed by atoms with Gasteiger partial charge in [-0.15, -0.1) is 0 Å². The standard InChI is InChI=1S/C29H25N3/c1-3-7-25(30-2)19-32(20-26-10-4-5-17-31-26)18-24-14-13-23-12-11-21-8-6-9-22-15-16-27(24)29(23)28(21)22/h3-17H,1-2,18-20H2/b25-7-. The highest BCUT2D eigenvalue weighted by Crippen LogP contribution is 2.36. The van der Waals surface area contributed by atoms with E-state index in [1.807, 2.05) is 24.4 Å². The Morgan fingerprint density at radius 3 is 2.31 bits per heavy atom. The van der Waals surface area contributed by atoms with Crippen LogP contribution in [-0.2, 0) is 13.1 Å². The molecule has 3 nitrogen and oxygen atoms in total. The van der Waals surface area contributed by atoms with E-state index in [2.05, 4.69) is 88.8 Å². The smallest absolute Gasteiger partial charge is 0.0544 e. The number of aliphatic imine (C=N–C) groups is 1. The highest BCUT2D eigenvalue weighted by molar-refractivity contribution is 6.23. The lowest BCUT2D eigenvalue weighted by atomic mass is 9.92. The van der Waals surface area contributed by atoms with Gasteiger partial charge in [-0.3, -0.25) is 14.9 Å². The van der Waals surface area contributed by atoms with Crippen LogP contribution in [0, 0.1) is 0 Å². The average molecular weight is 416 g/mol. The summed E-state index contributed by atoms with van der Waals surface area (Å²) in [6.45, 7) is 9.75. The van der Waals surface area contributed by atoms with Crippen LogP contribution in [0.4, 0.5) is 0 Å². The highest BCUT2D eigenvalue weighted by Gasteiger charge is 2.15. The molecular weight excluding hydrogens is 390 g/mol. The van der Waals surface area contributed by atoms with Crippen molar-refractivity contribution in [2.75, 3.05) is 6.54 Å². The van der Waals surface area contributed by atoms with Crippen LogP contribution in [-0.4, -0.2) is 23.1 Å². The second-order valence-electron chi connectivity index (χ2n) is 8.10. The number of nitrogens with zero attached hydrogens (tertiary/aromatic N) is 3. The maximum atomic E-state index is 4.54. The predicted octanol–water partition coefficient (Wildman–Crippen LogP) is 6.75. The Morgan fingerprint density at radius 2 is 1.59 bits per heavy atom. The third-order valence-electron chi connectivity index (χ3n) is 6.02. The molecule has 156 valence electrons. The number of aromatic nitrogens is 1. The summed E-state index contributed by atoms with van der Waals surface area (Å²) in [5.74, 6) is 0. The molecule has 5 aromatic rings. The van der Waals surface area contributed by atoms with Crippen molar-refractivity contribution in [3.63, 3.8) is 0 Å². The van der Waals surface area contributed by atoms with Gasteiger partial charge in [0.2, 0.25) is 0 Å². The first kappa shape index (κ1) is 20.1. The molecule has 0 bridgehead atoms. The van der Waals surface area contributed by atoms with E-state index in [9.17, 15) is 0 Å². The summed E-state index contributed by atoms with van der Waals surface area (Å²) in [6, 6.07) is 26.0. The van der Waals surface area contributed by atoms with Crippen LogP contribution in [0.3, 0.4) is 0 Å². The molecule has 0 aliphatic heterocycles. The van der Waals surface area contributed by atoms with E-state index >= 15 is 0 Å². The van der Waals surface area contributed by atoms with Crippen molar-refractivity contribution in [1.29, 1.82) is 0 Å². The zero-order valence-corrected chi connectivity index (χ0v) is 18.0. The fourth-order valence-corrected chi connectivity index (χ4v) is 4.58. The molecule has 0 spiro atoms. The van der Waals surface area contributed by atoms with Crippen molar-refractivity contribution in [3.8, 4) is 0 Å². The molecular formula is C29H25N3. The minimum absolute atomic E-state index is 0.675. The first-order valence-corrected chi connectivity index (χ1v) is 10.8. The summed E-state index contributed by atoms with van der Waals surface area (Å²) < 4.78 is 0. The van der Waals surface area contributed by atoms with Crippen molar-refractivity contribution in [3.05, 3.63) is 115 Å². The fourth-order valence-electron chi connectivity index (χ4n) is 4.58. The SMILES string of the molecule is C=C/C=C(/CN(Cc1ccccn1)Cc1ccc2ccc3cccc4ccc1c2c34)N=C. The molecule has 0 radical (unpaired) electrons. The van der Waals surface area contributed by atoms with Crippen molar-refractivity contribution in [2.24, 2.45) is 4.99 Å². The summed E-state index contributed by atoms with van der Waals surface area (Å²) >= 11 is 0. The van der Waals surface area contributed by atoms with Crippen LogP contribution in [0.15, 0.2) is 108 Å². The second-order valence-corrected chi connectivity index (χ2v) is 8.10. The van der Waals surface area contributed by atoms with E-state index in [0.717, 1.165) is 24.5 Å². The molecule has 0 unspecified atom stereocenters. The predicted molar refractivity (Wildman–Crippen MR) is 136 cm³/mol. The Bertz CT molecular complexity index is 1420. The van der Waals surface area contributed by atoms with Gasteiger partial charge in [0.25, 0.3) is 0 Å². The van der Waals surface area contributed by atoms with Crippen molar-refractivity contribution in [1.82, 2.24) is 9.88 Å². The molecule has 0 atom stereocenters. The van der Waals surface area contributed by atoms with Crippen LogP contribution >= 0.6 is 0 Å². The molecule has 0 amide bonds. The van der Waals surface area contributed by atoms with E-state index in [-0.39, 0.29) is 0 Å². The third kappa shape index (κ3) is 3.79. The van der Waals surface area contributed by atoms with Gasteiger partial charge in [0.15, 0.2) is 0 Å². The summed E-state index contributed by atoms with van der Waals surface area (Å²) in [6.07, 6.45) is 5.53. The lowest BCUT2D eigenvalue weighted by molar-refractivity contribution is 0.276. The molecule has 0 aliphatic rings. The third-order valence-corrected chi connectivity index (χ3v) is 6.02. The molecule has 1 aromatic heterocycles. The van der Waals surface area contributed by atoms with Crippen LogP contribution < -0.4 is 0 Å². The largest absolute Gasteiger partial charge is 0.287 e. The molecule has 3 heteroatoms. The lowest BCUT2D eigenvalue weighted by Crippen LogP contribution is -2.25. The molecule has 4 aromatic carbocycles. The zero-order valence-electron chi connectivity index (χ0n) is 18.0.